The summed E-state index contributed by atoms with van der Waals surface area (Å²) in [5.74, 6) is 0.248. The zero-order chi connectivity index (χ0) is 17.2. The maximum atomic E-state index is 8.67. The van der Waals surface area contributed by atoms with E-state index in [1.807, 2.05) is 0 Å². The predicted octanol–water partition coefficient (Wildman–Crippen LogP) is 6.56. The largest absolute Gasteiger partial charge is 0.305 e. The van der Waals surface area contributed by atoms with Gasteiger partial charge in [0.25, 0.3) is 0 Å². The molecule has 0 amide bonds. The van der Waals surface area contributed by atoms with Crippen molar-refractivity contribution >= 4 is 22.6 Å². The Hall–Kier alpha value is -2.67. The average molecular weight is 325 g/mol. The van der Waals surface area contributed by atoms with Gasteiger partial charge in [-0.1, -0.05) is 74.0 Å². The lowest BCUT2D eigenvalue weighted by Crippen LogP contribution is -2.08. The van der Waals surface area contributed by atoms with E-state index in [0.29, 0.717) is 0 Å². The number of nitrogens with one attached hydrogen (secondary N) is 1. The van der Waals surface area contributed by atoms with Gasteiger partial charge in [0.1, 0.15) is 0 Å². The van der Waals surface area contributed by atoms with Gasteiger partial charge in [-0.15, -0.1) is 0 Å². The standard InChI is InChI=1S/C24H23N/c1-2-3-12-24(25)23-16-19-10-5-4-9-18(19)15-22(23)21-14-13-17-8-6-7-11-20(17)21/h4-11,13-16,21,25H,2-3,12H2,1H3. The summed E-state index contributed by atoms with van der Waals surface area (Å²) < 4.78 is 0. The fourth-order valence-corrected chi connectivity index (χ4v) is 3.79. The van der Waals surface area contributed by atoms with Crippen LogP contribution in [0.4, 0.5) is 0 Å². The highest BCUT2D eigenvalue weighted by molar-refractivity contribution is 6.03. The second kappa shape index (κ2) is 6.68. The zero-order valence-corrected chi connectivity index (χ0v) is 14.6. The fraction of sp³-hybridized carbons (Fsp3) is 0.208. The number of allylic oxidation sites excluding steroid dienone is 1. The van der Waals surface area contributed by atoms with E-state index in [-0.39, 0.29) is 5.92 Å². The normalized spacial score (nSPS) is 15.5. The Morgan fingerprint density at radius 2 is 1.64 bits per heavy atom. The number of unbranched alkanes of at least 4 members (excludes halogenated alkanes) is 1. The Kier molecular flexibility index (Phi) is 4.23. The molecular formula is C24H23N. The van der Waals surface area contributed by atoms with Gasteiger partial charge < -0.3 is 5.41 Å². The molecule has 1 heteroatoms. The molecule has 1 aliphatic carbocycles. The quantitative estimate of drug-likeness (QED) is 0.514. The van der Waals surface area contributed by atoms with Crippen LogP contribution >= 0.6 is 0 Å². The minimum absolute atomic E-state index is 0.248. The lowest BCUT2D eigenvalue weighted by atomic mass is 9.85. The van der Waals surface area contributed by atoms with Crippen LogP contribution in [0, 0.1) is 5.41 Å². The van der Waals surface area contributed by atoms with E-state index in [9.17, 15) is 0 Å². The maximum absolute atomic E-state index is 8.67. The molecular weight excluding hydrogens is 302 g/mol. The Labute approximate surface area is 149 Å². The molecule has 1 unspecified atom stereocenters. The second-order valence-electron chi connectivity index (χ2n) is 6.83. The molecule has 3 aromatic rings. The Morgan fingerprint density at radius 1 is 0.920 bits per heavy atom. The third-order valence-corrected chi connectivity index (χ3v) is 5.16. The molecule has 0 aromatic heterocycles. The van der Waals surface area contributed by atoms with Gasteiger partial charge in [-0.3, -0.25) is 0 Å². The van der Waals surface area contributed by atoms with E-state index in [0.717, 1.165) is 30.5 Å². The third kappa shape index (κ3) is 2.91. The van der Waals surface area contributed by atoms with Crippen LogP contribution in [0.1, 0.15) is 54.4 Å². The highest BCUT2D eigenvalue weighted by Gasteiger charge is 2.23. The van der Waals surface area contributed by atoms with Crippen LogP contribution in [0.25, 0.3) is 16.8 Å². The molecule has 25 heavy (non-hydrogen) atoms. The van der Waals surface area contributed by atoms with Crippen LogP contribution in [0.5, 0.6) is 0 Å². The summed E-state index contributed by atoms with van der Waals surface area (Å²) in [7, 11) is 0. The molecule has 0 bridgehead atoms. The van der Waals surface area contributed by atoms with E-state index in [2.05, 4.69) is 79.7 Å². The summed E-state index contributed by atoms with van der Waals surface area (Å²) in [5.41, 5.74) is 5.79. The van der Waals surface area contributed by atoms with Gasteiger partial charge in [-0.25, -0.2) is 0 Å². The first-order valence-electron chi connectivity index (χ1n) is 9.15. The van der Waals surface area contributed by atoms with E-state index >= 15 is 0 Å². The van der Waals surface area contributed by atoms with Gasteiger partial charge in [0.2, 0.25) is 0 Å². The summed E-state index contributed by atoms with van der Waals surface area (Å²) >= 11 is 0. The van der Waals surface area contributed by atoms with Gasteiger partial charge in [-0.05, 0) is 58.0 Å². The van der Waals surface area contributed by atoms with Gasteiger partial charge in [-0.2, -0.15) is 0 Å². The van der Waals surface area contributed by atoms with Crippen molar-refractivity contribution in [2.45, 2.75) is 32.1 Å². The summed E-state index contributed by atoms with van der Waals surface area (Å²) in [6.45, 7) is 2.19. The molecule has 0 spiro atoms. The summed E-state index contributed by atoms with van der Waals surface area (Å²) in [5, 5.41) is 11.1. The molecule has 0 saturated carbocycles. The van der Waals surface area contributed by atoms with Crippen molar-refractivity contribution in [3.8, 4) is 0 Å². The molecule has 0 aliphatic heterocycles. The van der Waals surface area contributed by atoms with Crippen molar-refractivity contribution in [3.63, 3.8) is 0 Å². The predicted molar refractivity (Wildman–Crippen MR) is 108 cm³/mol. The highest BCUT2D eigenvalue weighted by Crippen LogP contribution is 2.38. The Morgan fingerprint density at radius 3 is 2.44 bits per heavy atom. The second-order valence-corrected chi connectivity index (χ2v) is 6.83. The number of rotatable bonds is 5. The topological polar surface area (TPSA) is 23.9 Å². The van der Waals surface area contributed by atoms with Crippen molar-refractivity contribution in [1.82, 2.24) is 0 Å². The van der Waals surface area contributed by atoms with Gasteiger partial charge in [0, 0.05) is 11.6 Å². The first-order valence-corrected chi connectivity index (χ1v) is 9.15. The van der Waals surface area contributed by atoms with Gasteiger partial charge >= 0.3 is 0 Å². The molecule has 1 aliphatic rings. The third-order valence-electron chi connectivity index (χ3n) is 5.16. The van der Waals surface area contributed by atoms with Crippen LogP contribution in [0.3, 0.4) is 0 Å². The van der Waals surface area contributed by atoms with E-state index < -0.39 is 0 Å². The maximum Gasteiger partial charge on any atom is 0.0389 e. The monoisotopic (exact) mass is 325 g/mol. The van der Waals surface area contributed by atoms with Crippen molar-refractivity contribution in [2.75, 3.05) is 0 Å². The van der Waals surface area contributed by atoms with Crippen molar-refractivity contribution in [1.29, 1.82) is 5.41 Å². The van der Waals surface area contributed by atoms with Gasteiger partial charge in [0.05, 0.1) is 0 Å². The van der Waals surface area contributed by atoms with Crippen LogP contribution in [-0.2, 0) is 0 Å². The molecule has 0 saturated heterocycles. The molecule has 0 fully saturated rings. The zero-order valence-electron chi connectivity index (χ0n) is 14.6. The minimum Gasteiger partial charge on any atom is -0.305 e. The average Bonchev–Trinajstić information content (AvgIpc) is 3.09. The highest BCUT2D eigenvalue weighted by atomic mass is 14.4. The Balaban J connectivity index is 1.87. The molecule has 124 valence electrons. The first-order chi connectivity index (χ1) is 12.3. The Bertz CT molecular complexity index is 965. The van der Waals surface area contributed by atoms with Crippen LogP contribution in [0.2, 0.25) is 0 Å². The molecule has 1 nitrogen and oxygen atoms in total. The molecule has 0 radical (unpaired) electrons. The SMILES string of the molecule is CCCCC(=N)c1cc2ccccc2cc1C1C=Cc2ccccc21. The van der Waals surface area contributed by atoms with Crippen molar-refractivity contribution in [3.05, 3.63) is 89.0 Å². The van der Waals surface area contributed by atoms with Crippen LogP contribution in [0.15, 0.2) is 66.7 Å². The molecule has 0 heterocycles. The molecule has 1 atom stereocenters. The van der Waals surface area contributed by atoms with Gasteiger partial charge in [0.15, 0.2) is 0 Å². The fourth-order valence-electron chi connectivity index (χ4n) is 3.79. The summed E-state index contributed by atoms with van der Waals surface area (Å²) in [4.78, 5) is 0. The van der Waals surface area contributed by atoms with E-state index in [1.54, 1.807) is 0 Å². The van der Waals surface area contributed by atoms with E-state index in [1.165, 1.54) is 27.5 Å². The number of fused-ring (bicyclic) bond motifs is 2. The summed E-state index contributed by atoms with van der Waals surface area (Å²) in [6.07, 6.45) is 7.54. The smallest absolute Gasteiger partial charge is 0.0389 e. The summed E-state index contributed by atoms with van der Waals surface area (Å²) in [6, 6.07) is 21.6. The van der Waals surface area contributed by atoms with Crippen LogP contribution < -0.4 is 0 Å². The molecule has 3 aromatic carbocycles. The van der Waals surface area contributed by atoms with Crippen LogP contribution in [-0.4, -0.2) is 5.71 Å². The van der Waals surface area contributed by atoms with Crippen molar-refractivity contribution < 1.29 is 0 Å². The van der Waals surface area contributed by atoms with Crippen molar-refractivity contribution in [2.24, 2.45) is 0 Å². The molecule has 1 N–H and O–H groups in total. The number of benzene rings is 3. The molecule has 4 rings (SSSR count). The minimum atomic E-state index is 0.248. The first kappa shape index (κ1) is 15.8. The lowest BCUT2D eigenvalue weighted by Gasteiger charge is -2.18. The number of hydrogen-bond acceptors (Lipinski definition) is 1. The lowest BCUT2D eigenvalue weighted by molar-refractivity contribution is 0.832. The van der Waals surface area contributed by atoms with E-state index in [4.69, 9.17) is 5.41 Å². The number of hydrogen-bond donors (Lipinski definition) is 1.